The van der Waals surface area contributed by atoms with E-state index in [-0.39, 0.29) is 0 Å². The molecule has 1 rings (SSSR count). The Hall–Kier alpha value is -0.660. The number of hydrogen-bond acceptors (Lipinski definition) is 2. The van der Waals surface area contributed by atoms with Gasteiger partial charge in [-0.2, -0.15) is 0 Å². The topological polar surface area (TPSA) is 38.0 Å². The molecule has 0 bridgehead atoms. The molecule has 2 heteroatoms. The van der Waals surface area contributed by atoms with Crippen LogP contribution in [0.4, 0.5) is 0 Å². The molecule has 8 heavy (non-hydrogen) atoms. The highest BCUT2D eigenvalue weighted by Crippen LogP contribution is 2.18. The van der Waals surface area contributed by atoms with E-state index in [2.05, 4.69) is 5.32 Å². The normalized spacial score (nSPS) is 19.6. The molecule has 0 aliphatic heterocycles. The fraction of sp³-hybridized carbons (Fsp3) is 0.667. The zero-order valence-corrected chi connectivity index (χ0v) is 5.20. The minimum absolute atomic E-state index is 1.05. The largest absolute Gasteiger partial charge is 0.401 e. The van der Waals surface area contributed by atoms with Crippen molar-refractivity contribution >= 4 is 0 Å². The van der Waals surface area contributed by atoms with E-state index in [1.807, 2.05) is 7.05 Å². The molecule has 3 N–H and O–H groups in total. The van der Waals surface area contributed by atoms with Gasteiger partial charge in [0, 0.05) is 18.4 Å². The molecule has 0 saturated carbocycles. The van der Waals surface area contributed by atoms with Gasteiger partial charge in [-0.05, 0) is 19.3 Å². The van der Waals surface area contributed by atoms with Crippen LogP contribution >= 0.6 is 0 Å². The summed E-state index contributed by atoms with van der Waals surface area (Å²) < 4.78 is 0. The zero-order chi connectivity index (χ0) is 5.98. The Bertz CT molecular complexity index is 116. The van der Waals surface area contributed by atoms with E-state index in [1.54, 1.807) is 0 Å². The average molecular weight is 112 g/mol. The number of rotatable bonds is 1. The van der Waals surface area contributed by atoms with Crippen molar-refractivity contribution in [1.82, 2.24) is 5.32 Å². The van der Waals surface area contributed by atoms with E-state index in [0.717, 1.165) is 18.5 Å². The maximum absolute atomic E-state index is 5.61. The molecule has 0 heterocycles. The summed E-state index contributed by atoms with van der Waals surface area (Å²) in [5.41, 5.74) is 7.90. The molecule has 0 aromatic rings. The van der Waals surface area contributed by atoms with Crippen LogP contribution in [0.1, 0.15) is 19.3 Å². The van der Waals surface area contributed by atoms with Crippen LogP contribution in [-0.2, 0) is 0 Å². The smallest absolute Gasteiger partial charge is 0.0295 e. The van der Waals surface area contributed by atoms with Gasteiger partial charge in [-0.15, -0.1) is 0 Å². The van der Waals surface area contributed by atoms with E-state index < -0.39 is 0 Å². The van der Waals surface area contributed by atoms with E-state index in [4.69, 9.17) is 5.73 Å². The maximum atomic E-state index is 5.61. The zero-order valence-electron chi connectivity index (χ0n) is 5.20. The number of nitrogens with one attached hydrogen (secondary N) is 1. The molecule has 0 atom stereocenters. The highest BCUT2D eigenvalue weighted by Gasteiger charge is 2.08. The Balaban J connectivity index is 2.58. The van der Waals surface area contributed by atoms with Gasteiger partial charge >= 0.3 is 0 Å². The SMILES string of the molecule is CNC1=C(N)CCC1. The molecular weight excluding hydrogens is 100 g/mol. The second kappa shape index (κ2) is 2.07. The molecule has 0 aromatic heterocycles. The van der Waals surface area contributed by atoms with Gasteiger partial charge in [0.2, 0.25) is 0 Å². The molecule has 1 aliphatic carbocycles. The van der Waals surface area contributed by atoms with Crippen LogP contribution in [0.5, 0.6) is 0 Å². The first kappa shape index (κ1) is 5.48. The van der Waals surface area contributed by atoms with Gasteiger partial charge in [0.1, 0.15) is 0 Å². The summed E-state index contributed by atoms with van der Waals surface area (Å²) in [7, 11) is 1.92. The summed E-state index contributed by atoms with van der Waals surface area (Å²) in [4.78, 5) is 0. The van der Waals surface area contributed by atoms with Crippen LogP contribution in [0.3, 0.4) is 0 Å². The Morgan fingerprint density at radius 1 is 1.50 bits per heavy atom. The highest BCUT2D eigenvalue weighted by molar-refractivity contribution is 5.13. The van der Waals surface area contributed by atoms with Crippen LogP contribution in [0.15, 0.2) is 11.4 Å². The summed E-state index contributed by atoms with van der Waals surface area (Å²) in [6.45, 7) is 0. The predicted octanol–water partition coefficient (Wildman–Crippen LogP) is 0.560. The minimum atomic E-state index is 1.05. The molecule has 0 amide bonds. The molecule has 0 radical (unpaired) electrons. The van der Waals surface area contributed by atoms with E-state index in [9.17, 15) is 0 Å². The molecule has 0 saturated heterocycles. The van der Waals surface area contributed by atoms with Crippen molar-refractivity contribution in [1.29, 1.82) is 0 Å². The first-order valence-electron chi connectivity index (χ1n) is 3.00. The number of nitrogens with two attached hydrogens (primary N) is 1. The molecule has 0 aromatic carbocycles. The Morgan fingerprint density at radius 3 is 2.50 bits per heavy atom. The van der Waals surface area contributed by atoms with Crippen LogP contribution in [0.25, 0.3) is 0 Å². The Labute approximate surface area is 49.8 Å². The molecule has 0 fully saturated rings. The van der Waals surface area contributed by atoms with Crippen molar-refractivity contribution in [2.75, 3.05) is 7.05 Å². The van der Waals surface area contributed by atoms with Crippen molar-refractivity contribution in [2.24, 2.45) is 5.73 Å². The quantitative estimate of drug-likeness (QED) is 0.520. The average Bonchev–Trinajstić information content (AvgIpc) is 2.14. The molecule has 0 spiro atoms. The second-order valence-electron chi connectivity index (χ2n) is 2.11. The van der Waals surface area contributed by atoms with Crippen molar-refractivity contribution in [3.63, 3.8) is 0 Å². The predicted molar refractivity (Wildman–Crippen MR) is 34.1 cm³/mol. The molecule has 0 unspecified atom stereocenters. The summed E-state index contributed by atoms with van der Waals surface area (Å²) >= 11 is 0. The van der Waals surface area contributed by atoms with E-state index in [1.165, 1.54) is 12.1 Å². The molecule has 2 nitrogen and oxygen atoms in total. The van der Waals surface area contributed by atoms with Crippen molar-refractivity contribution in [2.45, 2.75) is 19.3 Å². The summed E-state index contributed by atoms with van der Waals surface area (Å²) in [5.74, 6) is 0. The lowest BCUT2D eigenvalue weighted by Gasteiger charge is -1.98. The van der Waals surface area contributed by atoms with Gasteiger partial charge < -0.3 is 11.1 Å². The van der Waals surface area contributed by atoms with Gasteiger partial charge in [-0.1, -0.05) is 0 Å². The van der Waals surface area contributed by atoms with Crippen LogP contribution in [-0.4, -0.2) is 7.05 Å². The van der Waals surface area contributed by atoms with Crippen molar-refractivity contribution in [3.05, 3.63) is 11.4 Å². The summed E-state index contributed by atoms with van der Waals surface area (Å²) in [6.07, 6.45) is 3.44. The minimum Gasteiger partial charge on any atom is -0.401 e. The highest BCUT2D eigenvalue weighted by atomic mass is 14.9. The molecular formula is C6H12N2. The lowest BCUT2D eigenvalue weighted by atomic mass is 10.3. The van der Waals surface area contributed by atoms with Gasteiger partial charge in [0.25, 0.3) is 0 Å². The third kappa shape index (κ3) is 0.782. The second-order valence-corrected chi connectivity index (χ2v) is 2.11. The lowest BCUT2D eigenvalue weighted by molar-refractivity contribution is 0.846. The standard InChI is InChI=1S/C6H12N2/c1-8-6-4-2-3-5(6)7/h8H,2-4,7H2,1H3. The Morgan fingerprint density at radius 2 is 2.25 bits per heavy atom. The third-order valence-corrected chi connectivity index (χ3v) is 1.56. The fourth-order valence-electron chi connectivity index (χ4n) is 1.05. The molecule has 46 valence electrons. The third-order valence-electron chi connectivity index (χ3n) is 1.56. The monoisotopic (exact) mass is 112 g/mol. The van der Waals surface area contributed by atoms with Crippen LogP contribution < -0.4 is 11.1 Å². The maximum Gasteiger partial charge on any atom is 0.0295 e. The number of allylic oxidation sites excluding steroid dienone is 2. The van der Waals surface area contributed by atoms with Gasteiger partial charge in [0.05, 0.1) is 0 Å². The Kier molecular flexibility index (Phi) is 1.42. The first-order valence-corrected chi connectivity index (χ1v) is 3.00. The van der Waals surface area contributed by atoms with Crippen LogP contribution in [0, 0.1) is 0 Å². The van der Waals surface area contributed by atoms with Gasteiger partial charge in [-0.3, -0.25) is 0 Å². The van der Waals surface area contributed by atoms with Crippen molar-refractivity contribution in [3.8, 4) is 0 Å². The van der Waals surface area contributed by atoms with Crippen molar-refractivity contribution < 1.29 is 0 Å². The number of hydrogen-bond donors (Lipinski definition) is 2. The first-order chi connectivity index (χ1) is 3.84. The lowest BCUT2D eigenvalue weighted by Crippen LogP contribution is -2.08. The van der Waals surface area contributed by atoms with Gasteiger partial charge in [-0.25, -0.2) is 0 Å². The molecule has 1 aliphatic rings. The van der Waals surface area contributed by atoms with E-state index >= 15 is 0 Å². The fourth-order valence-corrected chi connectivity index (χ4v) is 1.05. The van der Waals surface area contributed by atoms with Gasteiger partial charge in [0.15, 0.2) is 0 Å². The van der Waals surface area contributed by atoms with E-state index in [0.29, 0.717) is 0 Å². The van der Waals surface area contributed by atoms with Crippen LogP contribution in [0.2, 0.25) is 0 Å². The summed E-state index contributed by atoms with van der Waals surface area (Å²) in [6, 6.07) is 0. The summed E-state index contributed by atoms with van der Waals surface area (Å²) in [5, 5.41) is 3.07.